The third kappa shape index (κ3) is 7.13. The fourth-order valence-corrected chi connectivity index (χ4v) is 1.85. The van der Waals surface area contributed by atoms with E-state index in [-0.39, 0.29) is 29.9 Å². The zero-order valence-electron chi connectivity index (χ0n) is 14.9. The Balaban J connectivity index is 2.54. The highest BCUT2D eigenvalue weighted by Gasteiger charge is 2.17. The Morgan fingerprint density at radius 1 is 0.958 bits per heavy atom. The molecule has 3 N–H and O–H groups in total. The normalized spacial score (nSPS) is 10.7. The molecule has 0 saturated heterocycles. The molecule has 0 aliphatic carbocycles. The molecule has 0 fully saturated rings. The number of benzene rings is 1. The van der Waals surface area contributed by atoms with Gasteiger partial charge in [0.1, 0.15) is 6.54 Å². The van der Waals surface area contributed by atoms with Gasteiger partial charge in [-0.05, 0) is 45.0 Å². The van der Waals surface area contributed by atoms with Gasteiger partial charge >= 0.3 is 6.03 Å². The van der Waals surface area contributed by atoms with E-state index in [0.29, 0.717) is 17.8 Å². The van der Waals surface area contributed by atoms with Gasteiger partial charge in [-0.15, -0.1) is 0 Å². The molecule has 1 aromatic rings. The van der Waals surface area contributed by atoms with Gasteiger partial charge in [-0.25, -0.2) is 4.79 Å². The maximum Gasteiger partial charge on any atom is 0.322 e. The fraction of sp³-hybridized carbons (Fsp3) is 0.471. The lowest BCUT2D eigenvalue weighted by molar-refractivity contribution is -0.122. The van der Waals surface area contributed by atoms with Gasteiger partial charge in [0.15, 0.2) is 0 Å². The van der Waals surface area contributed by atoms with Crippen LogP contribution in [0.25, 0.3) is 0 Å². The van der Waals surface area contributed by atoms with Crippen LogP contribution in [0.5, 0.6) is 0 Å². The molecule has 0 heterocycles. The lowest BCUT2D eigenvalue weighted by Crippen LogP contribution is -2.47. The summed E-state index contributed by atoms with van der Waals surface area (Å²) in [6.07, 6.45) is 0.403. The van der Waals surface area contributed by atoms with Crippen molar-refractivity contribution in [1.29, 1.82) is 0 Å². The Morgan fingerprint density at radius 3 is 1.92 bits per heavy atom. The molecular weight excluding hydrogens is 308 g/mol. The number of carbonyl (C=O) groups is 3. The largest absolute Gasteiger partial charge is 0.350 e. The van der Waals surface area contributed by atoms with Crippen molar-refractivity contribution in [1.82, 2.24) is 10.2 Å². The van der Waals surface area contributed by atoms with Crippen molar-refractivity contribution in [2.75, 3.05) is 24.2 Å². The topological polar surface area (TPSA) is 90.5 Å². The zero-order valence-corrected chi connectivity index (χ0v) is 14.9. The van der Waals surface area contributed by atoms with Gasteiger partial charge in [0.25, 0.3) is 0 Å². The highest BCUT2D eigenvalue weighted by molar-refractivity contribution is 5.93. The van der Waals surface area contributed by atoms with E-state index < -0.39 is 0 Å². The molecule has 0 atom stereocenters. The summed E-state index contributed by atoms with van der Waals surface area (Å²) < 4.78 is 0. The van der Waals surface area contributed by atoms with E-state index in [9.17, 15) is 14.4 Å². The number of hydrogen-bond donors (Lipinski definition) is 3. The number of hydrogen-bond acceptors (Lipinski definition) is 3. The van der Waals surface area contributed by atoms with Crippen LogP contribution >= 0.6 is 0 Å². The van der Waals surface area contributed by atoms with Gasteiger partial charge in [-0.1, -0.05) is 6.92 Å². The zero-order chi connectivity index (χ0) is 18.3. The first kappa shape index (κ1) is 19.5. The van der Waals surface area contributed by atoms with Crippen LogP contribution in [0, 0.1) is 0 Å². The van der Waals surface area contributed by atoms with E-state index in [4.69, 9.17) is 0 Å². The van der Waals surface area contributed by atoms with Gasteiger partial charge in [0.05, 0.1) is 0 Å². The van der Waals surface area contributed by atoms with E-state index in [2.05, 4.69) is 16.0 Å². The number of carbonyl (C=O) groups excluding carboxylic acids is 3. The molecule has 0 aliphatic rings. The van der Waals surface area contributed by atoms with E-state index in [1.54, 1.807) is 38.2 Å². The SMILES string of the molecule is CCC(=O)Nc1ccc(NC(=O)N(C)CC(=O)NC(C)(C)C)cc1. The monoisotopic (exact) mass is 334 g/mol. The Bertz CT molecular complexity index is 591. The minimum Gasteiger partial charge on any atom is -0.350 e. The van der Waals surface area contributed by atoms with Crippen molar-refractivity contribution < 1.29 is 14.4 Å². The van der Waals surface area contributed by atoms with Gasteiger partial charge < -0.3 is 20.9 Å². The first-order valence-electron chi connectivity index (χ1n) is 7.84. The van der Waals surface area contributed by atoms with Gasteiger partial charge in [-0.2, -0.15) is 0 Å². The minimum atomic E-state index is -0.385. The maximum atomic E-state index is 12.1. The number of likely N-dealkylation sites (N-methyl/N-ethyl adjacent to an activating group) is 1. The molecule has 0 radical (unpaired) electrons. The standard InChI is InChI=1S/C17H26N4O3/c1-6-14(22)18-12-7-9-13(10-8-12)19-16(24)21(5)11-15(23)20-17(2,3)4/h7-10H,6,11H2,1-5H3,(H,18,22)(H,19,24)(H,20,23). The van der Waals surface area contributed by atoms with Crippen LogP contribution in [0.4, 0.5) is 16.2 Å². The molecule has 1 rings (SSSR count). The number of nitrogens with one attached hydrogen (secondary N) is 3. The average Bonchev–Trinajstić information content (AvgIpc) is 2.46. The summed E-state index contributed by atoms with van der Waals surface area (Å²) >= 11 is 0. The molecule has 132 valence electrons. The third-order valence-corrected chi connectivity index (χ3v) is 2.98. The summed E-state index contributed by atoms with van der Waals surface area (Å²) in [5.41, 5.74) is 0.906. The first-order valence-corrected chi connectivity index (χ1v) is 7.84. The van der Waals surface area contributed by atoms with Crippen LogP contribution < -0.4 is 16.0 Å². The smallest absolute Gasteiger partial charge is 0.322 e. The maximum absolute atomic E-state index is 12.1. The van der Waals surface area contributed by atoms with Crippen LogP contribution in [-0.4, -0.2) is 41.9 Å². The molecule has 7 nitrogen and oxygen atoms in total. The molecule has 7 heteroatoms. The lowest BCUT2D eigenvalue weighted by atomic mass is 10.1. The van der Waals surface area contributed by atoms with Gasteiger partial charge in [0, 0.05) is 30.4 Å². The first-order chi connectivity index (χ1) is 11.1. The predicted molar refractivity (Wildman–Crippen MR) is 94.9 cm³/mol. The van der Waals surface area contributed by atoms with E-state index in [1.807, 2.05) is 20.8 Å². The summed E-state index contributed by atoms with van der Waals surface area (Å²) in [6, 6.07) is 6.40. The Morgan fingerprint density at radius 2 is 1.46 bits per heavy atom. The second kappa shape index (κ2) is 8.33. The number of rotatable bonds is 5. The highest BCUT2D eigenvalue weighted by Crippen LogP contribution is 2.14. The summed E-state index contributed by atoms with van der Waals surface area (Å²) in [6.45, 7) is 7.38. The van der Waals surface area contributed by atoms with Gasteiger partial charge in [-0.3, -0.25) is 9.59 Å². The predicted octanol–water partition coefficient (Wildman–Crippen LogP) is 2.41. The number of nitrogens with zero attached hydrogens (tertiary/aromatic N) is 1. The molecule has 0 unspecified atom stereocenters. The Hall–Kier alpha value is -2.57. The van der Waals surface area contributed by atoms with Crippen molar-refractivity contribution in [2.45, 2.75) is 39.7 Å². The van der Waals surface area contributed by atoms with Crippen molar-refractivity contribution >= 4 is 29.2 Å². The molecule has 0 saturated carbocycles. The minimum absolute atomic E-state index is 0.0340. The highest BCUT2D eigenvalue weighted by atomic mass is 16.2. The summed E-state index contributed by atoms with van der Waals surface area (Å²) in [4.78, 5) is 36.5. The van der Waals surface area contributed by atoms with Crippen LogP contribution in [0.2, 0.25) is 0 Å². The molecule has 0 aliphatic heterocycles. The fourth-order valence-electron chi connectivity index (χ4n) is 1.85. The van der Waals surface area contributed by atoms with E-state index >= 15 is 0 Å². The number of amides is 4. The van der Waals surface area contributed by atoms with Crippen LogP contribution in [0.15, 0.2) is 24.3 Å². The van der Waals surface area contributed by atoms with Crippen LogP contribution in [-0.2, 0) is 9.59 Å². The Labute approximate surface area is 142 Å². The van der Waals surface area contributed by atoms with E-state index in [1.165, 1.54) is 4.90 Å². The summed E-state index contributed by atoms with van der Waals surface area (Å²) in [5, 5.41) is 8.23. The Kier molecular flexibility index (Phi) is 6.76. The molecule has 0 aromatic heterocycles. The second-order valence-corrected chi connectivity index (χ2v) is 6.56. The van der Waals surface area contributed by atoms with Crippen molar-refractivity contribution in [3.63, 3.8) is 0 Å². The molecule has 4 amide bonds. The second-order valence-electron chi connectivity index (χ2n) is 6.56. The van der Waals surface area contributed by atoms with E-state index in [0.717, 1.165) is 0 Å². The number of urea groups is 1. The van der Waals surface area contributed by atoms with Crippen LogP contribution in [0.1, 0.15) is 34.1 Å². The molecular formula is C17H26N4O3. The van der Waals surface area contributed by atoms with Gasteiger partial charge in [0.2, 0.25) is 11.8 Å². The summed E-state index contributed by atoms with van der Waals surface area (Å²) in [5.74, 6) is -0.297. The summed E-state index contributed by atoms with van der Waals surface area (Å²) in [7, 11) is 1.55. The quantitative estimate of drug-likeness (QED) is 0.772. The average molecular weight is 334 g/mol. The van der Waals surface area contributed by atoms with Crippen LogP contribution in [0.3, 0.4) is 0 Å². The molecule has 0 spiro atoms. The van der Waals surface area contributed by atoms with Crippen molar-refractivity contribution in [2.24, 2.45) is 0 Å². The molecule has 0 bridgehead atoms. The lowest BCUT2D eigenvalue weighted by Gasteiger charge is -2.23. The number of anilines is 2. The third-order valence-electron chi connectivity index (χ3n) is 2.98. The molecule has 24 heavy (non-hydrogen) atoms. The molecule has 1 aromatic carbocycles. The van der Waals surface area contributed by atoms with Crippen molar-refractivity contribution in [3.8, 4) is 0 Å². The van der Waals surface area contributed by atoms with Crippen molar-refractivity contribution in [3.05, 3.63) is 24.3 Å².